The van der Waals surface area contributed by atoms with Gasteiger partial charge in [-0.2, -0.15) is 5.10 Å². The molecule has 0 saturated heterocycles. The van der Waals surface area contributed by atoms with Crippen molar-refractivity contribution in [3.8, 4) is 0 Å². The van der Waals surface area contributed by atoms with Crippen LogP contribution in [0.3, 0.4) is 0 Å². The van der Waals surface area contributed by atoms with Crippen LogP contribution in [0.2, 0.25) is 0 Å². The lowest BCUT2D eigenvalue weighted by Gasteiger charge is -2.11. The molecule has 1 radical (unpaired) electrons. The number of nitrogens with zero attached hydrogens (tertiary/aromatic N) is 3. The minimum absolute atomic E-state index is 0.839. The zero-order valence-electron chi connectivity index (χ0n) is 5.82. The summed E-state index contributed by atoms with van der Waals surface area (Å²) in [5.74, 6) is 1.20. The lowest BCUT2D eigenvalue weighted by Crippen LogP contribution is -2.19. The molecule has 0 bridgehead atoms. The van der Waals surface area contributed by atoms with Crippen LogP contribution < -0.4 is 4.90 Å². The van der Waals surface area contributed by atoms with E-state index in [-0.39, 0.29) is 0 Å². The predicted molar refractivity (Wildman–Crippen MR) is 39.8 cm³/mol. The van der Waals surface area contributed by atoms with Crippen LogP contribution in [-0.2, 0) is 6.54 Å². The molecular formula is C7H10N3. The average Bonchev–Trinajstić information content (AvgIpc) is 2.44. The fraction of sp³-hybridized carbons (Fsp3) is 0.429. The van der Waals surface area contributed by atoms with Crippen LogP contribution in [0.15, 0.2) is 12.3 Å². The highest BCUT2D eigenvalue weighted by atomic mass is 15.4. The van der Waals surface area contributed by atoms with E-state index in [1.165, 1.54) is 5.82 Å². The summed E-state index contributed by atoms with van der Waals surface area (Å²) in [6.45, 7) is 6.74. The first-order valence-corrected chi connectivity index (χ1v) is 3.48. The molecule has 0 fully saturated rings. The topological polar surface area (TPSA) is 21.1 Å². The Balaban J connectivity index is 2.34. The smallest absolute Gasteiger partial charge is 0.126 e. The molecule has 0 N–H and O–H groups in total. The molecule has 0 saturated carbocycles. The Morgan fingerprint density at radius 1 is 1.60 bits per heavy atom. The van der Waals surface area contributed by atoms with Crippen molar-refractivity contribution < 1.29 is 0 Å². The van der Waals surface area contributed by atoms with E-state index in [2.05, 4.69) is 16.9 Å². The molecule has 3 nitrogen and oxygen atoms in total. The van der Waals surface area contributed by atoms with Gasteiger partial charge in [-0.3, -0.25) is 0 Å². The molecule has 0 unspecified atom stereocenters. The van der Waals surface area contributed by atoms with Crippen LogP contribution in [0.25, 0.3) is 0 Å². The van der Waals surface area contributed by atoms with Gasteiger partial charge in [-0.15, -0.1) is 0 Å². The number of rotatable bonds is 1. The standard InChI is InChI=1S/C7H10N3/c1-2-9-5-6-10-7(9)3-4-8-10/h3-4H,1-2,5-6H2. The molecule has 10 heavy (non-hydrogen) atoms. The molecule has 1 aliphatic rings. The average molecular weight is 136 g/mol. The summed E-state index contributed by atoms with van der Waals surface area (Å²) < 4.78 is 2.01. The van der Waals surface area contributed by atoms with Gasteiger partial charge in [0.15, 0.2) is 0 Å². The molecule has 0 amide bonds. The van der Waals surface area contributed by atoms with Crippen molar-refractivity contribution in [2.75, 3.05) is 18.0 Å². The SMILES string of the molecule is [CH2]CN1CCn2nccc21. The molecular weight excluding hydrogens is 126 g/mol. The van der Waals surface area contributed by atoms with E-state index < -0.39 is 0 Å². The van der Waals surface area contributed by atoms with Gasteiger partial charge in [-0.1, -0.05) is 0 Å². The van der Waals surface area contributed by atoms with Gasteiger partial charge in [0.05, 0.1) is 12.7 Å². The third kappa shape index (κ3) is 0.632. The van der Waals surface area contributed by atoms with Gasteiger partial charge in [0.2, 0.25) is 0 Å². The van der Waals surface area contributed by atoms with Gasteiger partial charge in [-0.05, 0) is 6.92 Å². The molecule has 0 atom stereocenters. The molecule has 2 heterocycles. The lowest BCUT2D eigenvalue weighted by atomic mass is 10.5. The van der Waals surface area contributed by atoms with Crippen molar-refractivity contribution in [3.63, 3.8) is 0 Å². The number of hydrogen-bond acceptors (Lipinski definition) is 2. The Bertz CT molecular complexity index is 229. The molecule has 0 aromatic carbocycles. The van der Waals surface area contributed by atoms with E-state index in [9.17, 15) is 0 Å². The van der Waals surface area contributed by atoms with Gasteiger partial charge in [-0.25, -0.2) is 4.68 Å². The number of aromatic nitrogens is 2. The molecule has 0 spiro atoms. The highest BCUT2D eigenvalue weighted by Crippen LogP contribution is 2.18. The molecule has 0 aliphatic carbocycles. The predicted octanol–water partition coefficient (Wildman–Crippen LogP) is 0.537. The molecule has 3 heteroatoms. The molecule has 1 aromatic rings. The monoisotopic (exact) mass is 136 g/mol. The highest BCUT2D eigenvalue weighted by molar-refractivity contribution is 5.41. The summed E-state index contributed by atoms with van der Waals surface area (Å²) in [6.07, 6.45) is 1.83. The van der Waals surface area contributed by atoms with E-state index in [1.807, 2.05) is 16.9 Å². The summed E-state index contributed by atoms with van der Waals surface area (Å²) in [5, 5.41) is 4.14. The van der Waals surface area contributed by atoms with Crippen molar-refractivity contribution in [1.29, 1.82) is 0 Å². The summed E-state index contributed by atoms with van der Waals surface area (Å²) in [4.78, 5) is 2.22. The number of hydrogen-bond donors (Lipinski definition) is 0. The van der Waals surface area contributed by atoms with E-state index in [0.717, 1.165) is 19.6 Å². The van der Waals surface area contributed by atoms with E-state index in [4.69, 9.17) is 0 Å². The molecule has 1 aliphatic heterocycles. The summed E-state index contributed by atoms with van der Waals surface area (Å²) in [7, 11) is 0. The van der Waals surface area contributed by atoms with E-state index >= 15 is 0 Å². The van der Waals surface area contributed by atoms with E-state index in [0.29, 0.717) is 0 Å². The second kappa shape index (κ2) is 2.01. The Morgan fingerprint density at radius 3 is 3.30 bits per heavy atom. The summed E-state index contributed by atoms with van der Waals surface area (Å²) in [5.41, 5.74) is 0. The molecule has 2 rings (SSSR count). The van der Waals surface area contributed by atoms with Crippen LogP contribution >= 0.6 is 0 Å². The van der Waals surface area contributed by atoms with Gasteiger partial charge in [0.25, 0.3) is 0 Å². The van der Waals surface area contributed by atoms with E-state index in [1.54, 1.807) is 0 Å². The summed E-state index contributed by atoms with van der Waals surface area (Å²) >= 11 is 0. The van der Waals surface area contributed by atoms with Crippen molar-refractivity contribution in [1.82, 2.24) is 9.78 Å². The first kappa shape index (κ1) is 5.77. The van der Waals surface area contributed by atoms with Crippen molar-refractivity contribution in [2.24, 2.45) is 0 Å². The van der Waals surface area contributed by atoms with Gasteiger partial charge in [0.1, 0.15) is 5.82 Å². The Labute approximate surface area is 60.3 Å². The second-order valence-electron chi connectivity index (χ2n) is 2.40. The van der Waals surface area contributed by atoms with Crippen molar-refractivity contribution in [3.05, 3.63) is 19.2 Å². The molecule has 1 aromatic heterocycles. The Morgan fingerprint density at radius 2 is 2.50 bits per heavy atom. The zero-order chi connectivity index (χ0) is 6.97. The van der Waals surface area contributed by atoms with Gasteiger partial charge in [0, 0.05) is 19.2 Å². The largest absolute Gasteiger partial charge is 0.355 e. The lowest BCUT2D eigenvalue weighted by molar-refractivity contribution is 0.689. The normalized spacial score (nSPS) is 15.9. The summed E-state index contributed by atoms with van der Waals surface area (Å²) in [6, 6.07) is 2.03. The zero-order valence-corrected chi connectivity index (χ0v) is 5.82. The number of fused-ring (bicyclic) bond motifs is 1. The van der Waals surface area contributed by atoms with Crippen molar-refractivity contribution >= 4 is 5.82 Å². The minimum atomic E-state index is 0.839. The maximum atomic E-state index is 4.14. The maximum Gasteiger partial charge on any atom is 0.126 e. The fourth-order valence-corrected chi connectivity index (χ4v) is 1.32. The second-order valence-corrected chi connectivity index (χ2v) is 2.40. The van der Waals surface area contributed by atoms with Crippen molar-refractivity contribution in [2.45, 2.75) is 6.54 Å². The van der Waals surface area contributed by atoms with Crippen LogP contribution in [0.4, 0.5) is 5.82 Å². The van der Waals surface area contributed by atoms with Crippen LogP contribution in [-0.4, -0.2) is 22.9 Å². The minimum Gasteiger partial charge on any atom is -0.355 e. The van der Waals surface area contributed by atoms with Crippen LogP contribution in [0, 0.1) is 6.92 Å². The maximum absolute atomic E-state index is 4.14. The Kier molecular flexibility index (Phi) is 1.16. The number of anilines is 1. The molecule has 53 valence electrons. The van der Waals surface area contributed by atoms with Gasteiger partial charge < -0.3 is 4.90 Å². The third-order valence-corrected chi connectivity index (χ3v) is 1.87. The first-order chi connectivity index (χ1) is 4.92. The Hall–Kier alpha value is -0.990. The van der Waals surface area contributed by atoms with Gasteiger partial charge >= 0.3 is 0 Å². The quantitative estimate of drug-likeness (QED) is 0.561. The van der Waals surface area contributed by atoms with Crippen LogP contribution in [0.5, 0.6) is 0 Å². The fourth-order valence-electron chi connectivity index (χ4n) is 1.32. The highest BCUT2D eigenvalue weighted by Gasteiger charge is 2.16. The van der Waals surface area contributed by atoms with Crippen LogP contribution in [0.1, 0.15) is 0 Å². The third-order valence-electron chi connectivity index (χ3n) is 1.87. The first-order valence-electron chi connectivity index (χ1n) is 3.48.